The van der Waals surface area contributed by atoms with Crippen LogP contribution < -0.4 is 0 Å². The fourth-order valence-corrected chi connectivity index (χ4v) is 2.37. The number of benzene rings is 2. The van der Waals surface area contributed by atoms with Crippen molar-refractivity contribution < 1.29 is 40.9 Å². The highest BCUT2D eigenvalue weighted by Crippen LogP contribution is 2.53. The normalized spacial score (nSPS) is 11.6. The van der Waals surface area contributed by atoms with E-state index in [2.05, 4.69) is 0 Å². The van der Waals surface area contributed by atoms with E-state index in [0.717, 1.165) is 12.1 Å². The van der Waals surface area contributed by atoms with Crippen molar-refractivity contribution in [1.82, 2.24) is 0 Å². The first-order valence-electron chi connectivity index (χ1n) is 6.44. The molecule has 0 aliphatic rings. The third-order valence-electron chi connectivity index (χ3n) is 3.80. The van der Waals surface area contributed by atoms with E-state index in [-0.39, 0.29) is 11.1 Å². The SMILES string of the molecule is CC(C)(c1cc(O)c(O)c(O)c1O)c1cc(O)c(O)c(O)c1O. The Labute approximate surface area is 130 Å². The first kappa shape index (κ1) is 16.2. The predicted molar refractivity (Wildman–Crippen MR) is 78.3 cm³/mol. The van der Waals surface area contributed by atoms with Crippen molar-refractivity contribution >= 4 is 0 Å². The first-order chi connectivity index (χ1) is 10.5. The Kier molecular flexibility index (Phi) is 3.48. The van der Waals surface area contributed by atoms with Crippen LogP contribution >= 0.6 is 0 Å². The van der Waals surface area contributed by atoms with Crippen molar-refractivity contribution in [2.45, 2.75) is 19.3 Å². The number of rotatable bonds is 2. The molecule has 0 aromatic heterocycles. The summed E-state index contributed by atoms with van der Waals surface area (Å²) < 4.78 is 0. The maximum absolute atomic E-state index is 10.0. The van der Waals surface area contributed by atoms with Crippen LogP contribution in [0.5, 0.6) is 46.0 Å². The Morgan fingerprint density at radius 2 is 0.826 bits per heavy atom. The average Bonchev–Trinajstić information content (AvgIpc) is 2.49. The summed E-state index contributed by atoms with van der Waals surface area (Å²) >= 11 is 0. The zero-order chi connectivity index (χ0) is 17.7. The van der Waals surface area contributed by atoms with Gasteiger partial charge in [-0.15, -0.1) is 0 Å². The monoisotopic (exact) mass is 324 g/mol. The van der Waals surface area contributed by atoms with Crippen molar-refractivity contribution in [3.8, 4) is 46.0 Å². The summed E-state index contributed by atoms with van der Waals surface area (Å²) in [7, 11) is 0. The van der Waals surface area contributed by atoms with Crippen LogP contribution in [0.4, 0.5) is 0 Å². The lowest BCUT2D eigenvalue weighted by Crippen LogP contribution is -2.19. The van der Waals surface area contributed by atoms with Gasteiger partial charge in [0, 0.05) is 16.5 Å². The third kappa shape index (κ3) is 2.24. The minimum absolute atomic E-state index is 0.106. The second-order valence-corrected chi connectivity index (χ2v) is 5.60. The molecule has 8 N–H and O–H groups in total. The molecule has 0 fully saturated rings. The Hall–Kier alpha value is -3.16. The lowest BCUT2D eigenvalue weighted by atomic mass is 9.76. The van der Waals surface area contributed by atoms with Gasteiger partial charge in [0.15, 0.2) is 23.0 Å². The van der Waals surface area contributed by atoms with Crippen LogP contribution in [0.15, 0.2) is 12.1 Å². The zero-order valence-corrected chi connectivity index (χ0v) is 12.2. The average molecular weight is 324 g/mol. The molecule has 0 saturated carbocycles. The summed E-state index contributed by atoms with van der Waals surface area (Å²) in [5.74, 6) is -6.68. The molecule has 2 aromatic carbocycles. The van der Waals surface area contributed by atoms with Gasteiger partial charge in [-0.1, -0.05) is 13.8 Å². The van der Waals surface area contributed by atoms with Crippen LogP contribution in [-0.2, 0) is 5.41 Å². The summed E-state index contributed by atoms with van der Waals surface area (Å²) in [4.78, 5) is 0. The fourth-order valence-electron chi connectivity index (χ4n) is 2.37. The van der Waals surface area contributed by atoms with Crippen LogP contribution in [0, 0.1) is 0 Å². The lowest BCUT2D eigenvalue weighted by Gasteiger charge is -2.28. The highest BCUT2D eigenvalue weighted by atomic mass is 16.4. The highest BCUT2D eigenvalue weighted by Gasteiger charge is 2.34. The van der Waals surface area contributed by atoms with Crippen molar-refractivity contribution in [3.63, 3.8) is 0 Å². The molecule has 2 rings (SSSR count). The highest BCUT2D eigenvalue weighted by molar-refractivity contribution is 5.67. The van der Waals surface area contributed by atoms with Gasteiger partial charge < -0.3 is 40.9 Å². The van der Waals surface area contributed by atoms with Crippen LogP contribution in [-0.4, -0.2) is 40.9 Å². The quantitative estimate of drug-likeness (QED) is 0.305. The Morgan fingerprint density at radius 3 is 1.13 bits per heavy atom. The van der Waals surface area contributed by atoms with Crippen molar-refractivity contribution in [3.05, 3.63) is 23.3 Å². The van der Waals surface area contributed by atoms with E-state index in [1.807, 2.05) is 0 Å². The van der Waals surface area contributed by atoms with E-state index in [4.69, 9.17) is 0 Å². The standard InChI is InChI=1S/C15H16O8/c1-15(2,5-3-7(16)11(20)13(22)9(5)18)6-4-8(17)12(21)14(23)10(6)19/h3-4,16-23H,1-2H3. The van der Waals surface area contributed by atoms with E-state index in [9.17, 15) is 40.9 Å². The summed E-state index contributed by atoms with van der Waals surface area (Å²) in [5.41, 5.74) is -1.56. The van der Waals surface area contributed by atoms with Crippen LogP contribution in [0.25, 0.3) is 0 Å². The molecule has 0 saturated heterocycles. The molecule has 0 atom stereocenters. The molecular formula is C15H16O8. The van der Waals surface area contributed by atoms with E-state index >= 15 is 0 Å². The molecule has 0 unspecified atom stereocenters. The largest absolute Gasteiger partial charge is 0.504 e. The number of phenols is 8. The second kappa shape index (κ2) is 4.94. The summed E-state index contributed by atoms with van der Waals surface area (Å²) in [5, 5.41) is 77.3. The smallest absolute Gasteiger partial charge is 0.204 e. The number of hydrogen-bond acceptors (Lipinski definition) is 8. The molecule has 0 radical (unpaired) electrons. The third-order valence-corrected chi connectivity index (χ3v) is 3.80. The Balaban J connectivity index is 2.79. The summed E-state index contributed by atoms with van der Waals surface area (Å²) in [6.45, 7) is 2.89. The molecule has 8 nitrogen and oxygen atoms in total. The predicted octanol–water partition coefficient (Wildman–Crippen LogP) is 1.66. The molecule has 0 aliphatic carbocycles. The first-order valence-corrected chi connectivity index (χ1v) is 6.44. The van der Waals surface area contributed by atoms with Gasteiger partial charge in [0.25, 0.3) is 0 Å². The minimum Gasteiger partial charge on any atom is -0.504 e. The van der Waals surface area contributed by atoms with Crippen LogP contribution in [0.1, 0.15) is 25.0 Å². The van der Waals surface area contributed by atoms with Crippen LogP contribution in [0.2, 0.25) is 0 Å². The summed E-state index contributed by atoms with van der Waals surface area (Å²) in [6, 6.07) is 1.93. The zero-order valence-electron chi connectivity index (χ0n) is 12.2. The van der Waals surface area contributed by atoms with Gasteiger partial charge in [0.05, 0.1) is 0 Å². The molecule has 0 aliphatic heterocycles. The van der Waals surface area contributed by atoms with Gasteiger partial charge in [-0.3, -0.25) is 0 Å². The maximum Gasteiger partial charge on any atom is 0.204 e. The molecule has 8 heteroatoms. The molecule has 23 heavy (non-hydrogen) atoms. The van der Waals surface area contributed by atoms with E-state index in [0.29, 0.717) is 0 Å². The summed E-state index contributed by atoms with van der Waals surface area (Å²) in [6.07, 6.45) is 0. The number of phenolic OH excluding ortho intramolecular Hbond substituents is 8. The molecule has 2 aromatic rings. The maximum atomic E-state index is 10.0. The van der Waals surface area contributed by atoms with Crippen molar-refractivity contribution in [2.24, 2.45) is 0 Å². The molecule has 0 heterocycles. The molecular weight excluding hydrogens is 308 g/mol. The van der Waals surface area contributed by atoms with Gasteiger partial charge in [0.2, 0.25) is 23.0 Å². The Morgan fingerprint density at radius 1 is 0.522 bits per heavy atom. The van der Waals surface area contributed by atoms with E-state index in [1.54, 1.807) is 0 Å². The van der Waals surface area contributed by atoms with Gasteiger partial charge in [-0.2, -0.15) is 0 Å². The van der Waals surface area contributed by atoms with Gasteiger partial charge in [0.1, 0.15) is 0 Å². The Bertz CT molecular complexity index is 730. The van der Waals surface area contributed by atoms with Gasteiger partial charge >= 0.3 is 0 Å². The molecule has 0 bridgehead atoms. The number of hydrogen-bond donors (Lipinski definition) is 8. The van der Waals surface area contributed by atoms with Crippen molar-refractivity contribution in [2.75, 3.05) is 0 Å². The topological polar surface area (TPSA) is 162 Å². The minimum atomic E-state index is -1.35. The van der Waals surface area contributed by atoms with Gasteiger partial charge in [-0.05, 0) is 12.1 Å². The van der Waals surface area contributed by atoms with Gasteiger partial charge in [-0.25, -0.2) is 0 Å². The fraction of sp³-hybridized carbons (Fsp3) is 0.200. The molecule has 0 spiro atoms. The van der Waals surface area contributed by atoms with Crippen LogP contribution in [0.3, 0.4) is 0 Å². The molecule has 124 valence electrons. The number of aromatic hydroxyl groups is 8. The second-order valence-electron chi connectivity index (χ2n) is 5.60. The lowest BCUT2D eigenvalue weighted by molar-refractivity contribution is 0.332. The van der Waals surface area contributed by atoms with Crippen molar-refractivity contribution in [1.29, 1.82) is 0 Å². The van der Waals surface area contributed by atoms with E-state index < -0.39 is 51.4 Å². The molecule has 0 amide bonds. The van der Waals surface area contributed by atoms with E-state index in [1.165, 1.54) is 13.8 Å².